The summed E-state index contributed by atoms with van der Waals surface area (Å²) in [5.41, 5.74) is 0.914. The van der Waals surface area contributed by atoms with Crippen molar-refractivity contribution < 1.29 is 14.6 Å². The fourth-order valence-corrected chi connectivity index (χ4v) is 4.58. The summed E-state index contributed by atoms with van der Waals surface area (Å²) in [6.45, 7) is 2.04. The van der Waals surface area contributed by atoms with Crippen molar-refractivity contribution in [1.29, 1.82) is 0 Å². The third kappa shape index (κ3) is 2.18. The lowest BCUT2D eigenvalue weighted by Crippen LogP contribution is -2.55. The minimum Gasteiger partial charge on any atom is -0.497 e. The fourth-order valence-electron chi connectivity index (χ4n) is 4.58. The van der Waals surface area contributed by atoms with Gasteiger partial charge in [-0.15, -0.1) is 0 Å². The molecule has 4 atom stereocenters. The first-order valence-electron chi connectivity index (χ1n) is 7.95. The number of ether oxygens (including phenoxy) is 1. The van der Waals surface area contributed by atoms with E-state index in [-0.39, 0.29) is 23.4 Å². The second-order valence-corrected chi connectivity index (χ2v) is 6.58. The van der Waals surface area contributed by atoms with Crippen LogP contribution in [0.1, 0.15) is 44.6 Å². The average Bonchev–Trinajstić information content (AvgIpc) is 2.52. The molecular formula is C18H24O3. The number of fused-ring (bicyclic) bond motifs is 1. The highest BCUT2D eigenvalue weighted by atomic mass is 16.5. The molecule has 0 heterocycles. The Balaban J connectivity index is 2.05. The van der Waals surface area contributed by atoms with E-state index in [0.717, 1.165) is 31.4 Å². The lowest BCUT2D eigenvalue weighted by Gasteiger charge is -2.53. The Morgan fingerprint density at radius 2 is 1.95 bits per heavy atom. The standard InChI is InChI=1S/C18H24O3/c1-12-15-4-3-5-17(20)18(15,11-10-16(12)19)13-6-8-14(21-2)9-7-13/h6-9,12,15,17,20H,3-5,10-11H2,1-2H3/t12-,15-,17-,18+/m0/s1. The lowest BCUT2D eigenvalue weighted by molar-refractivity contribution is -0.134. The molecule has 0 amide bonds. The van der Waals surface area contributed by atoms with Crippen LogP contribution in [-0.4, -0.2) is 24.1 Å². The number of Topliss-reactive ketones (excluding diaryl/α,β-unsaturated/α-hetero) is 1. The number of benzene rings is 1. The molecule has 2 saturated carbocycles. The Hall–Kier alpha value is -1.35. The summed E-state index contributed by atoms with van der Waals surface area (Å²) >= 11 is 0. The van der Waals surface area contributed by atoms with Crippen LogP contribution >= 0.6 is 0 Å². The van der Waals surface area contributed by atoms with Crippen molar-refractivity contribution in [1.82, 2.24) is 0 Å². The Morgan fingerprint density at radius 3 is 2.62 bits per heavy atom. The summed E-state index contributed by atoms with van der Waals surface area (Å²) in [7, 11) is 1.66. The van der Waals surface area contributed by atoms with Gasteiger partial charge in [0.2, 0.25) is 0 Å². The second-order valence-electron chi connectivity index (χ2n) is 6.58. The molecule has 2 aliphatic rings. The topological polar surface area (TPSA) is 46.5 Å². The van der Waals surface area contributed by atoms with Gasteiger partial charge in [0.05, 0.1) is 13.2 Å². The van der Waals surface area contributed by atoms with E-state index in [1.165, 1.54) is 5.56 Å². The average molecular weight is 288 g/mol. The van der Waals surface area contributed by atoms with Gasteiger partial charge in [-0.25, -0.2) is 0 Å². The highest BCUT2D eigenvalue weighted by Crippen LogP contribution is 2.53. The van der Waals surface area contributed by atoms with Crippen LogP contribution < -0.4 is 4.74 Å². The van der Waals surface area contributed by atoms with Crippen LogP contribution in [0.2, 0.25) is 0 Å². The molecule has 0 unspecified atom stereocenters. The van der Waals surface area contributed by atoms with E-state index in [1.54, 1.807) is 7.11 Å². The van der Waals surface area contributed by atoms with E-state index in [4.69, 9.17) is 4.74 Å². The van der Waals surface area contributed by atoms with Gasteiger partial charge in [-0.05, 0) is 42.9 Å². The van der Waals surface area contributed by atoms with Gasteiger partial charge in [0.1, 0.15) is 11.5 Å². The Morgan fingerprint density at radius 1 is 1.24 bits per heavy atom. The van der Waals surface area contributed by atoms with Crippen molar-refractivity contribution in [3.8, 4) is 5.75 Å². The minimum atomic E-state index is -0.347. The maximum atomic E-state index is 12.1. The largest absolute Gasteiger partial charge is 0.497 e. The monoisotopic (exact) mass is 288 g/mol. The van der Waals surface area contributed by atoms with Crippen molar-refractivity contribution in [3.63, 3.8) is 0 Å². The minimum absolute atomic E-state index is 0.0517. The third-order valence-electron chi connectivity index (χ3n) is 5.77. The number of aliphatic hydroxyl groups excluding tert-OH is 1. The number of methoxy groups -OCH3 is 1. The van der Waals surface area contributed by atoms with E-state index in [2.05, 4.69) is 12.1 Å². The van der Waals surface area contributed by atoms with E-state index in [9.17, 15) is 9.90 Å². The molecule has 1 aromatic rings. The fraction of sp³-hybridized carbons (Fsp3) is 0.611. The van der Waals surface area contributed by atoms with Gasteiger partial charge in [0, 0.05) is 17.8 Å². The molecule has 21 heavy (non-hydrogen) atoms. The van der Waals surface area contributed by atoms with E-state index >= 15 is 0 Å². The van der Waals surface area contributed by atoms with Crippen molar-refractivity contribution in [2.24, 2.45) is 11.8 Å². The molecule has 0 spiro atoms. The number of rotatable bonds is 2. The quantitative estimate of drug-likeness (QED) is 0.909. The maximum absolute atomic E-state index is 12.1. The summed E-state index contributed by atoms with van der Waals surface area (Å²) < 4.78 is 5.24. The van der Waals surface area contributed by atoms with Gasteiger partial charge in [0.25, 0.3) is 0 Å². The molecule has 3 heteroatoms. The first-order chi connectivity index (χ1) is 10.1. The van der Waals surface area contributed by atoms with Crippen LogP contribution in [-0.2, 0) is 10.2 Å². The van der Waals surface area contributed by atoms with Crippen LogP contribution in [0.3, 0.4) is 0 Å². The molecule has 1 N–H and O–H groups in total. The summed E-state index contributed by atoms with van der Waals surface area (Å²) in [5.74, 6) is 1.50. The summed E-state index contributed by atoms with van der Waals surface area (Å²) in [4.78, 5) is 12.1. The summed E-state index contributed by atoms with van der Waals surface area (Å²) in [6.07, 6.45) is 3.90. The van der Waals surface area contributed by atoms with E-state index < -0.39 is 0 Å². The number of hydrogen-bond donors (Lipinski definition) is 1. The highest BCUT2D eigenvalue weighted by Gasteiger charge is 2.53. The van der Waals surface area contributed by atoms with Gasteiger partial charge in [0.15, 0.2) is 0 Å². The SMILES string of the molecule is COc1ccc([C@]23CCC(=O)[C@@H](C)[C@@H]2CCC[C@@H]3O)cc1. The number of hydrogen-bond acceptors (Lipinski definition) is 3. The van der Waals surface area contributed by atoms with Gasteiger partial charge in [-0.3, -0.25) is 4.79 Å². The zero-order chi connectivity index (χ0) is 15.0. The van der Waals surface area contributed by atoms with Crippen LogP contribution in [0.5, 0.6) is 5.75 Å². The molecule has 0 radical (unpaired) electrons. The van der Waals surface area contributed by atoms with Gasteiger partial charge in [-0.1, -0.05) is 25.5 Å². The molecule has 3 nitrogen and oxygen atoms in total. The van der Waals surface area contributed by atoms with Gasteiger partial charge in [-0.2, -0.15) is 0 Å². The van der Waals surface area contributed by atoms with Gasteiger partial charge < -0.3 is 9.84 Å². The molecule has 114 valence electrons. The number of ketones is 1. The highest BCUT2D eigenvalue weighted by molar-refractivity contribution is 5.82. The summed E-state index contributed by atoms with van der Waals surface area (Å²) in [5, 5.41) is 10.8. The Kier molecular flexibility index (Phi) is 3.78. The van der Waals surface area contributed by atoms with Crippen LogP contribution in [0.15, 0.2) is 24.3 Å². The normalized spacial score (nSPS) is 36.1. The Labute approximate surface area is 126 Å². The lowest BCUT2D eigenvalue weighted by atomic mass is 9.52. The maximum Gasteiger partial charge on any atom is 0.136 e. The molecule has 3 rings (SSSR count). The number of aliphatic hydroxyl groups is 1. The van der Waals surface area contributed by atoms with E-state index in [1.807, 2.05) is 19.1 Å². The molecule has 0 saturated heterocycles. The zero-order valence-electron chi connectivity index (χ0n) is 12.8. The van der Waals surface area contributed by atoms with Crippen molar-refractivity contribution >= 4 is 5.78 Å². The number of carbonyl (C=O) groups excluding carboxylic acids is 1. The molecular weight excluding hydrogens is 264 g/mol. The predicted molar refractivity (Wildman–Crippen MR) is 81.4 cm³/mol. The smallest absolute Gasteiger partial charge is 0.136 e. The van der Waals surface area contributed by atoms with Crippen LogP contribution in [0, 0.1) is 11.8 Å². The van der Waals surface area contributed by atoms with Crippen molar-refractivity contribution in [3.05, 3.63) is 29.8 Å². The van der Waals surface area contributed by atoms with Gasteiger partial charge >= 0.3 is 0 Å². The third-order valence-corrected chi connectivity index (χ3v) is 5.77. The second kappa shape index (κ2) is 5.45. The molecule has 0 aromatic heterocycles. The molecule has 0 bridgehead atoms. The van der Waals surface area contributed by atoms with Crippen LogP contribution in [0.4, 0.5) is 0 Å². The molecule has 2 fully saturated rings. The molecule has 1 aromatic carbocycles. The Bertz CT molecular complexity index is 522. The van der Waals surface area contributed by atoms with Crippen molar-refractivity contribution in [2.45, 2.75) is 50.5 Å². The first kappa shape index (κ1) is 14.6. The summed E-state index contributed by atoms with van der Waals surface area (Å²) in [6, 6.07) is 8.07. The van der Waals surface area contributed by atoms with Crippen LogP contribution in [0.25, 0.3) is 0 Å². The first-order valence-corrected chi connectivity index (χ1v) is 7.95. The zero-order valence-corrected chi connectivity index (χ0v) is 12.8. The molecule has 2 aliphatic carbocycles. The number of carbonyl (C=O) groups is 1. The van der Waals surface area contributed by atoms with Crippen molar-refractivity contribution in [2.75, 3.05) is 7.11 Å². The van der Waals surface area contributed by atoms with E-state index in [0.29, 0.717) is 12.2 Å². The predicted octanol–water partition coefficient (Wildman–Crippen LogP) is 3.09. The molecule has 0 aliphatic heterocycles.